The number of nitrogens with zero attached hydrogens (tertiary/aromatic N) is 2. The molecule has 1 amide bonds. The molecule has 0 bridgehead atoms. The Morgan fingerprint density at radius 2 is 1.76 bits per heavy atom. The zero-order valence-corrected chi connectivity index (χ0v) is 14.4. The topological polar surface area (TPSA) is 86.5 Å². The molecule has 8 heteroatoms. The van der Waals surface area contributed by atoms with Crippen molar-refractivity contribution in [1.29, 1.82) is 0 Å². The van der Waals surface area contributed by atoms with Gasteiger partial charge in [-0.25, -0.2) is 0 Å². The second-order valence-corrected chi connectivity index (χ2v) is 6.15. The summed E-state index contributed by atoms with van der Waals surface area (Å²) in [7, 11) is 0. The van der Waals surface area contributed by atoms with Crippen molar-refractivity contribution in [1.82, 2.24) is 10.2 Å². The Labute approximate surface area is 151 Å². The first-order valence-electron chi connectivity index (χ1n) is 7.49. The van der Waals surface area contributed by atoms with E-state index in [1.807, 2.05) is 24.3 Å². The van der Waals surface area contributed by atoms with Gasteiger partial charge < -0.3 is 13.9 Å². The van der Waals surface area contributed by atoms with Gasteiger partial charge in [-0.1, -0.05) is 21.0 Å². The lowest BCUT2D eigenvalue weighted by Gasteiger charge is -2.18. The summed E-state index contributed by atoms with van der Waals surface area (Å²) in [5.41, 5.74) is 1.17. The Morgan fingerprint density at radius 3 is 2.56 bits per heavy atom. The molecule has 0 saturated heterocycles. The van der Waals surface area contributed by atoms with Crippen molar-refractivity contribution in [3.05, 3.63) is 52.5 Å². The predicted octanol–water partition coefficient (Wildman–Crippen LogP) is 3.52. The molecule has 1 aromatic heterocycles. The van der Waals surface area contributed by atoms with Crippen molar-refractivity contribution in [2.45, 2.75) is 0 Å². The van der Waals surface area contributed by atoms with Gasteiger partial charge >= 0.3 is 6.01 Å². The summed E-state index contributed by atoms with van der Waals surface area (Å²) in [6.45, 7) is 0.956. The third-order valence-corrected chi connectivity index (χ3v) is 4.07. The van der Waals surface area contributed by atoms with E-state index in [1.54, 1.807) is 18.2 Å². The van der Waals surface area contributed by atoms with Gasteiger partial charge in [0.05, 0.1) is 0 Å². The Bertz CT molecular complexity index is 924. The third-order valence-electron chi connectivity index (χ3n) is 3.54. The number of amides is 1. The first-order chi connectivity index (χ1) is 12.2. The summed E-state index contributed by atoms with van der Waals surface area (Å²) in [6, 6.07) is 12.4. The van der Waals surface area contributed by atoms with Crippen molar-refractivity contribution < 1.29 is 18.7 Å². The van der Waals surface area contributed by atoms with Crippen LogP contribution in [-0.4, -0.2) is 29.3 Å². The lowest BCUT2D eigenvalue weighted by molar-refractivity contribution is 0.102. The fourth-order valence-corrected chi connectivity index (χ4v) is 2.60. The molecule has 0 atom stereocenters. The number of anilines is 1. The van der Waals surface area contributed by atoms with Crippen LogP contribution >= 0.6 is 15.9 Å². The number of rotatable bonds is 3. The standard InChI is InChI=1S/C17H12BrN3O4/c18-12-4-1-10(2-5-12)16-20-21-17(25-16)19-15(22)11-3-6-13-14(9-11)24-8-7-23-13/h1-6,9H,7-8H2,(H,19,21,22). The molecule has 4 rings (SSSR count). The molecule has 0 unspecified atom stereocenters. The second-order valence-electron chi connectivity index (χ2n) is 5.23. The average Bonchev–Trinajstić information content (AvgIpc) is 3.10. The molecule has 2 heterocycles. The Hall–Kier alpha value is -2.87. The van der Waals surface area contributed by atoms with Gasteiger partial charge in [-0.3, -0.25) is 10.1 Å². The molecule has 126 valence electrons. The smallest absolute Gasteiger partial charge is 0.322 e. The molecule has 0 radical (unpaired) electrons. The molecule has 25 heavy (non-hydrogen) atoms. The van der Waals surface area contributed by atoms with Crippen LogP contribution in [0.4, 0.5) is 6.01 Å². The maximum atomic E-state index is 12.3. The van der Waals surface area contributed by atoms with E-state index in [-0.39, 0.29) is 11.9 Å². The molecule has 2 aromatic carbocycles. The first kappa shape index (κ1) is 15.6. The maximum absolute atomic E-state index is 12.3. The number of aromatic nitrogens is 2. The van der Waals surface area contributed by atoms with Gasteiger partial charge in [-0.2, -0.15) is 0 Å². The third kappa shape index (κ3) is 3.34. The van der Waals surface area contributed by atoms with Crippen LogP contribution in [0.5, 0.6) is 11.5 Å². The molecule has 7 nitrogen and oxygen atoms in total. The number of hydrogen-bond donors (Lipinski definition) is 1. The summed E-state index contributed by atoms with van der Waals surface area (Å²) < 4.78 is 17.3. The van der Waals surface area contributed by atoms with E-state index in [0.717, 1.165) is 10.0 Å². The van der Waals surface area contributed by atoms with E-state index in [0.29, 0.717) is 36.2 Å². The number of fused-ring (bicyclic) bond motifs is 1. The molecule has 0 saturated carbocycles. The van der Waals surface area contributed by atoms with Gasteiger partial charge in [0.15, 0.2) is 11.5 Å². The van der Waals surface area contributed by atoms with Crippen LogP contribution in [0.3, 0.4) is 0 Å². The molecular formula is C17H12BrN3O4. The monoisotopic (exact) mass is 401 g/mol. The summed E-state index contributed by atoms with van der Waals surface area (Å²) in [5.74, 6) is 1.12. The zero-order chi connectivity index (χ0) is 17.2. The molecule has 0 aliphatic carbocycles. The zero-order valence-electron chi connectivity index (χ0n) is 12.9. The summed E-state index contributed by atoms with van der Waals surface area (Å²) in [4.78, 5) is 12.3. The van der Waals surface area contributed by atoms with E-state index in [2.05, 4.69) is 31.4 Å². The van der Waals surface area contributed by atoms with E-state index >= 15 is 0 Å². The molecule has 0 spiro atoms. The number of benzene rings is 2. The normalized spacial score (nSPS) is 12.7. The lowest BCUT2D eigenvalue weighted by atomic mass is 10.2. The minimum atomic E-state index is -0.372. The van der Waals surface area contributed by atoms with E-state index in [4.69, 9.17) is 13.9 Å². The summed E-state index contributed by atoms with van der Waals surface area (Å²) in [5, 5.41) is 10.4. The average molecular weight is 402 g/mol. The van der Waals surface area contributed by atoms with Gasteiger partial charge in [0.25, 0.3) is 5.91 Å². The van der Waals surface area contributed by atoms with Gasteiger partial charge in [-0.15, -0.1) is 5.10 Å². The molecule has 1 N–H and O–H groups in total. The van der Waals surface area contributed by atoms with Crippen LogP contribution < -0.4 is 14.8 Å². The number of ether oxygens (including phenoxy) is 2. The van der Waals surface area contributed by atoms with Crippen LogP contribution in [-0.2, 0) is 0 Å². The van der Waals surface area contributed by atoms with Crippen molar-refractivity contribution >= 4 is 27.9 Å². The molecule has 3 aromatic rings. The Kier molecular flexibility index (Phi) is 4.10. The largest absolute Gasteiger partial charge is 0.486 e. The van der Waals surface area contributed by atoms with Crippen LogP contribution in [0.2, 0.25) is 0 Å². The van der Waals surface area contributed by atoms with Gasteiger partial charge in [-0.05, 0) is 42.5 Å². The van der Waals surface area contributed by atoms with Crippen molar-refractivity contribution in [3.63, 3.8) is 0 Å². The number of hydrogen-bond acceptors (Lipinski definition) is 6. The highest BCUT2D eigenvalue weighted by Gasteiger charge is 2.17. The van der Waals surface area contributed by atoms with Crippen molar-refractivity contribution in [2.75, 3.05) is 18.5 Å². The second kappa shape index (κ2) is 6.56. The Morgan fingerprint density at radius 1 is 1.00 bits per heavy atom. The molecule has 0 fully saturated rings. The SMILES string of the molecule is O=C(Nc1nnc(-c2ccc(Br)cc2)o1)c1ccc2c(c1)OCCO2. The summed E-state index contributed by atoms with van der Waals surface area (Å²) in [6.07, 6.45) is 0. The number of carbonyl (C=O) groups excluding carboxylic acids is 1. The number of carbonyl (C=O) groups is 1. The van der Waals surface area contributed by atoms with Crippen LogP contribution in [0.25, 0.3) is 11.5 Å². The van der Waals surface area contributed by atoms with Crippen LogP contribution in [0.15, 0.2) is 51.4 Å². The first-order valence-corrected chi connectivity index (χ1v) is 8.29. The van der Waals surface area contributed by atoms with Crippen LogP contribution in [0.1, 0.15) is 10.4 Å². The fraction of sp³-hybridized carbons (Fsp3) is 0.118. The van der Waals surface area contributed by atoms with E-state index in [9.17, 15) is 4.79 Å². The fourth-order valence-electron chi connectivity index (χ4n) is 2.34. The van der Waals surface area contributed by atoms with Gasteiger partial charge in [0.1, 0.15) is 13.2 Å². The maximum Gasteiger partial charge on any atom is 0.322 e. The Balaban J connectivity index is 1.50. The lowest BCUT2D eigenvalue weighted by Crippen LogP contribution is -2.17. The van der Waals surface area contributed by atoms with Crippen molar-refractivity contribution in [2.24, 2.45) is 0 Å². The highest BCUT2D eigenvalue weighted by Crippen LogP contribution is 2.31. The quantitative estimate of drug-likeness (QED) is 0.722. The summed E-state index contributed by atoms with van der Waals surface area (Å²) >= 11 is 3.37. The minimum absolute atomic E-state index is 0.0257. The van der Waals surface area contributed by atoms with Gasteiger partial charge in [0, 0.05) is 15.6 Å². The van der Waals surface area contributed by atoms with Crippen LogP contribution in [0, 0.1) is 0 Å². The van der Waals surface area contributed by atoms with E-state index in [1.165, 1.54) is 0 Å². The molecule has 1 aliphatic heterocycles. The van der Waals surface area contributed by atoms with Crippen molar-refractivity contribution in [3.8, 4) is 23.0 Å². The van der Waals surface area contributed by atoms with E-state index < -0.39 is 0 Å². The highest BCUT2D eigenvalue weighted by molar-refractivity contribution is 9.10. The predicted molar refractivity (Wildman–Crippen MR) is 92.8 cm³/mol. The minimum Gasteiger partial charge on any atom is -0.486 e. The highest BCUT2D eigenvalue weighted by atomic mass is 79.9. The number of nitrogens with one attached hydrogen (secondary N) is 1. The number of halogens is 1. The van der Waals surface area contributed by atoms with Gasteiger partial charge in [0.2, 0.25) is 5.89 Å². The molecule has 1 aliphatic rings. The molecular weight excluding hydrogens is 390 g/mol.